The first kappa shape index (κ1) is 28.5. The summed E-state index contributed by atoms with van der Waals surface area (Å²) < 4.78 is 30.2. The van der Waals surface area contributed by atoms with E-state index in [-0.39, 0.29) is 23.7 Å². The zero-order valence-corrected chi connectivity index (χ0v) is 23.8. The van der Waals surface area contributed by atoms with Crippen LogP contribution in [0.2, 0.25) is 0 Å². The van der Waals surface area contributed by atoms with Crippen molar-refractivity contribution in [2.24, 2.45) is 5.16 Å². The van der Waals surface area contributed by atoms with Crippen LogP contribution >= 0.6 is 0 Å². The SMILES string of the molecule is CC(C)(C)NS(=O)(=O)c1ccccc1-c1ccc(NC(=O)[C@@]2(Cn3cnnn3)CC(c3cccc(C#N)c3)=NO2)nc1. The van der Waals surface area contributed by atoms with Gasteiger partial charge in [0.1, 0.15) is 12.1 Å². The van der Waals surface area contributed by atoms with Gasteiger partial charge < -0.3 is 10.2 Å². The Hall–Kier alpha value is -5.00. The lowest BCUT2D eigenvalue weighted by Crippen LogP contribution is -2.47. The second-order valence-electron chi connectivity index (χ2n) is 10.7. The molecule has 0 bridgehead atoms. The lowest BCUT2D eigenvalue weighted by molar-refractivity contribution is -0.140. The molecule has 13 nitrogen and oxygen atoms in total. The smallest absolute Gasteiger partial charge is 0.274 e. The van der Waals surface area contributed by atoms with Crippen molar-refractivity contribution >= 4 is 27.5 Å². The number of sulfonamides is 1. The van der Waals surface area contributed by atoms with Crippen LogP contribution in [0.15, 0.2) is 83.2 Å². The van der Waals surface area contributed by atoms with Gasteiger partial charge in [-0.1, -0.05) is 35.5 Å². The number of nitrogens with one attached hydrogen (secondary N) is 2. The number of pyridine rings is 1. The van der Waals surface area contributed by atoms with Crippen molar-refractivity contribution < 1.29 is 18.0 Å². The molecule has 1 aliphatic rings. The van der Waals surface area contributed by atoms with Gasteiger partial charge in [-0.15, -0.1) is 5.10 Å². The molecule has 0 saturated heterocycles. The van der Waals surface area contributed by atoms with Crippen LogP contribution in [0.1, 0.15) is 38.3 Å². The molecule has 14 heteroatoms. The second kappa shape index (κ2) is 11.1. The van der Waals surface area contributed by atoms with E-state index in [4.69, 9.17) is 4.84 Å². The molecule has 0 spiro atoms. The summed E-state index contributed by atoms with van der Waals surface area (Å²) in [6, 6.07) is 18.8. The van der Waals surface area contributed by atoms with Crippen molar-refractivity contribution in [1.82, 2.24) is 29.9 Å². The Kier molecular flexibility index (Phi) is 7.55. The van der Waals surface area contributed by atoms with Crippen LogP contribution in [0, 0.1) is 11.3 Å². The minimum atomic E-state index is -3.82. The van der Waals surface area contributed by atoms with Gasteiger partial charge >= 0.3 is 0 Å². The number of oxime groups is 1. The largest absolute Gasteiger partial charge is 0.376 e. The summed E-state index contributed by atoms with van der Waals surface area (Å²) in [5.41, 5.74) is 0.426. The predicted molar refractivity (Wildman–Crippen MR) is 152 cm³/mol. The summed E-state index contributed by atoms with van der Waals surface area (Å²) >= 11 is 0. The molecule has 214 valence electrons. The topological polar surface area (TPSA) is 177 Å². The predicted octanol–water partition coefficient (Wildman–Crippen LogP) is 2.89. The molecule has 1 atom stereocenters. The third-order valence-electron chi connectivity index (χ3n) is 6.26. The number of nitrogens with zero attached hydrogens (tertiary/aromatic N) is 7. The van der Waals surface area contributed by atoms with E-state index in [0.29, 0.717) is 28.0 Å². The number of amides is 1. The molecule has 0 unspecified atom stereocenters. The Morgan fingerprint density at radius 1 is 1.12 bits per heavy atom. The molecule has 1 amide bonds. The maximum absolute atomic E-state index is 13.7. The fourth-order valence-corrected chi connectivity index (χ4v) is 6.10. The van der Waals surface area contributed by atoms with Gasteiger partial charge in [-0.3, -0.25) is 4.79 Å². The third-order valence-corrected chi connectivity index (χ3v) is 8.08. The van der Waals surface area contributed by atoms with Crippen molar-refractivity contribution in [3.05, 3.63) is 84.3 Å². The van der Waals surface area contributed by atoms with Crippen LogP contribution in [0.4, 0.5) is 5.82 Å². The highest BCUT2D eigenvalue weighted by atomic mass is 32.2. The summed E-state index contributed by atoms with van der Waals surface area (Å²) in [4.78, 5) is 23.9. The molecule has 4 aromatic rings. The van der Waals surface area contributed by atoms with E-state index in [2.05, 4.69) is 41.8 Å². The van der Waals surface area contributed by atoms with E-state index in [0.717, 1.165) is 0 Å². The van der Waals surface area contributed by atoms with Gasteiger partial charge in [0.15, 0.2) is 0 Å². The molecule has 3 heterocycles. The number of hydrogen-bond acceptors (Lipinski definition) is 10. The molecule has 0 aliphatic carbocycles. The Bertz CT molecular complexity index is 1790. The van der Waals surface area contributed by atoms with Gasteiger partial charge in [-0.25, -0.2) is 22.8 Å². The minimum Gasteiger partial charge on any atom is -0.376 e. The van der Waals surface area contributed by atoms with Gasteiger partial charge in [0.25, 0.3) is 5.91 Å². The van der Waals surface area contributed by atoms with E-state index in [1.165, 1.54) is 23.3 Å². The number of anilines is 1. The minimum absolute atomic E-state index is 0.0408. The van der Waals surface area contributed by atoms with E-state index < -0.39 is 27.1 Å². The molecule has 0 saturated carbocycles. The van der Waals surface area contributed by atoms with E-state index >= 15 is 0 Å². The molecule has 5 rings (SSSR count). The van der Waals surface area contributed by atoms with Crippen LogP contribution < -0.4 is 10.0 Å². The summed E-state index contributed by atoms with van der Waals surface area (Å²) in [6.07, 6.45) is 2.93. The fourth-order valence-electron chi connectivity index (χ4n) is 4.45. The first-order valence-electron chi connectivity index (χ1n) is 12.9. The number of tetrazole rings is 1. The monoisotopic (exact) mass is 585 g/mol. The fraction of sp³-hybridized carbons (Fsp3) is 0.250. The second-order valence-corrected chi connectivity index (χ2v) is 12.4. The molecule has 0 radical (unpaired) electrons. The van der Waals surface area contributed by atoms with Crippen LogP contribution in [0.5, 0.6) is 0 Å². The van der Waals surface area contributed by atoms with Crippen molar-refractivity contribution in [3.8, 4) is 17.2 Å². The lowest BCUT2D eigenvalue weighted by atomic mass is 9.92. The van der Waals surface area contributed by atoms with Gasteiger partial charge in [0.05, 0.1) is 28.8 Å². The Morgan fingerprint density at radius 3 is 2.62 bits per heavy atom. The Labute approximate surface area is 242 Å². The van der Waals surface area contributed by atoms with Crippen LogP contribution in [0.3, 0.4) is 0 Å². The van der Waals surface area contributed by atoms with Crippen molar-refractivity contribution in [1.29, 1.82) is 5.26 Å². The van der Waals surface area contributed by atoms with Gasteiger partial charge in [0.2, 0.25) is 15.6 Å². The first-order valence-corrected chi connectivity index (χ1v) is 14.3. The van der Waals surface area contributed by atoms with Crippen LogP contribution in [-0.2, 0) is 26.2 Å². The number of aromatic nitrogens is 5. The quantitative estimate of drug-likeness (QED) is 0.315. The summed E-state index contributed by atoms with van der Waals surface area (Å²) in [5, 5.41) is 27.3. The normalized spacial score (nSPS) is 16.8. The first-order chi connectivity index (χ1) is 20.0. The summed E-state index contributed by atoms with van der Waals surface area (Å²) in [5.74, 6) is -0.317. The third kappa shape index (κ3) is 6.17. The standard InChI is InChI=1S/C28H27N9O4S/c1-27(2,3)34-42(39,40)24-10-5-4-9-22(24)21-11-12-25(30-16-21)32-26(38)28(17-37-18-31-35-36-37)14-23(33-41-28)20-8-6-7-19(13-20)15-29/h4-13,16,18,34H,14,17H2,1-3H3,(H,30,32,38)/t28-/m0/s1. The number of nitriles is 1. The number of benzene rings is 2. The maximum Gasteiger partial charge on any atom is 0.274 e. The lowest BCUT2D eigenvalue weighted by Gasteiger charge is -2.24. The number of hydrogen-bond donors (Lipinski definition) is 2. The highest BCUT2D eigenvalue weighted by molar-refractivity contribution is 7.89. The molecular formula is C28H27N9O4S. The van der Waals surface area contributed by atoms with E-state index in [1.807, 2.05) is 0 Å². The highest BCUT2D eigenvalue weighted by Gasteiger charge is 2.48. The molecule has 1 aliphatic heterocycles. The molecular weight excluding hydrogens is 558 g/mol. The summed E-state index contributed by atoms with van der Waals surface area (Å²) in [7, 11) is -3.82. The number of carbonyl (C=O) groups excluding carboxylic acids is 1. The van der Waals surface area contributed by atoms with Crippen molar-refractivity contribution in [3.63, 3.8) is 0 Å². The van der Waals surface area contributed by atoms with Gasteiger partial charge in [0, 0.05) is 34.8 Å². The zero-order valence-electron chi connectivity index (χ0n) is 23.0. The molecule has 2 N–H and O–H groups in total. The molecule has 2 aromatic carbocycles. The van der Waals surface area contributed by atoms with Gasteiger partial charge in [-0.2, -0.15) is 5.26 Å². The molecule has 42 heavy (non-hydrogen) atoms. The van der Waals surface area contributed by atoms with Gasteiger partial charge in [-0.05, 0) is 61.5 Å². The van der Waals surface area contributed by atoms with Crippen LogP contribution in [0.25, 0.3) is 11.1 Å². The van der Waals surface area contributed by atoms with Crippen molar-refractivity contribution in [2.45, 2.75) is 49.8 Å². The van der Waals surface area contributed by atoms with Crippen LogP contribution in [-0.4, -0.2) is 56.4 Å². The average molecular weight is 586 g/mol. The highest BCUT2D eigenvalue weighted by Crippen LogP contribution is 2.32. The molecule has 0 fully saturated rings. The van der Waals surface area contributed by atoms with E-state index in [9.17, 15) is 18.5 Å². The Morgan fingerprint density at radius 2 is 1.93 bits per heavy atom. The zero-order chi connectivity index (χ0) is 30.0. The number of carbonyl (C=O) groups is 1. The Balaban J connectivity index is 1.39. The molecule has 2 aromatic heterocycles. The van der Waals surface area contributed by atoms with E-state index in [1.54, 1.807) is 75.4 Å². The van der Waals surface area contributed by atoms with Crippen molar-refractivity contribution in [2.75, 3.05) is 5.32 Å². The average Bonchev–Trinajstić information content (AvgIpc) is 3.63. The maximum atomic E-state index is 13.7. The summed E-state index contributed by atoms with van der Waals surface area (Å²) in [6.45, 7) is 5.26. The number of rotatable bonds is 8.